The number of hydrogen-bond acceptors (Lipinski definition) is 6. The highest BCUT2D eigenvalue weighted by Gasteiger charge is 2.73. The van der Waals surface area contributed by atoms with Gasteiger partial charge in [0.25, 0.3) is 0 Å². The second-order valence-corrected chi connectivity index (χ2v) is 12.3. The van der Waals surface area contributed by atoms with E-state index >= 15 is 0 Å². The third-order valence-corrected chi connectivity index (χ3v) is 9.87. The molecular weight excluding hydrogens is 464 g/mol. The number of ether oxygens (including phenoxy) is 1. The van der Waals surface area contributed by atoms with Gasteiger partial charge < -0.3 is 19.6 Å². The number of rotatable bonds is 8. The molecule has 194 valence electrons. The summed E-state index contributed by atoms with van der Waals surface area (Å²) in [6.45, 7) is 7.64. The summed E-state index contributed by atoms with van der Waals surface area (Å²) >= 11 is 1.61. The topological polar surface area (TPSA) is 87.2 Å². The van der Waals surface area contributed by atoms with Crippen LogP contribution in [0.1, 0.15) is 65.7 Å². The Morgan fingerprint density at radius 2 is 1.94 bits per heavy atom. The highest BCUT2D eigenvalue weighted by atomic mass is 32.2. The Balaban J connectivity index is 1.78. The van der Waals surface area contributed by atoms with Crippen molar-refractivity contribution < 1.29 is 24.2 Å². The van der Waals surface area contributed by atoms with Crippen molar-refractivity contribution in [3.8, 4) is 0 Å². The molecule has 0 radical (unpaired) electrons. The molecule has 0 bridgehead atoms. The normalized spacial score (nSPS) is 36.5. The van der Waals surface area contributed by atoms with Gasteiger partial charge >= 0.3 is 5.97 Å². The van der Waals surface area contributed by atoms with Crippen LogP contribution in [0.3, 0.4) is 0 Å². The zero-order valence-corrected chi connectivity index (χ0v) is 22.1. The van der Waals surface area contributed by atoms with Crippen LogP contribution in [0.15, 0.2) is 24.3 Å². The van der Waals surface area contributed by atoms with Gasteiger partial charge in [0.2, 0.25) is 11.8 Å². The fourth-order valence-corrected chi connectivity index (χ4v) is 8.59. The van der Waals surface area contributed by atoms with Gasteiger partial charge in [0.1, 0.15) is 6.04 Å². The van der Waals surface area contributed by atoms with Crippen molar-refractivity contribution in [1.29, 1.82) is 0 Å². The van der Waals surface area contributed by atoms with Crippen LogP contribution in [0.5, 0.6) is 0 Å². The molecule has 0 aromatic rings. The molecule has 7 nitrogen and oxygen atoms in total. The molecule has 1 N–H and O–H groups in total. The molecule has 4 heterocycles. The van der Waals surface area contributed by atoms with Crippen molar-refractivity contribution in [2.75, 3.05) is 26.3 Å². The number of cyclic esters (lactones) is 1. The van der Waals surface area contributed by atoms with Crippen molar-refractivity contribution in [2.45, 2.75) is 87.3 Å². The first-order valence-corrected chi connectivity index (χ1v) is 14.1. The zero-order valence-electron chi connectivity index (χ0n) is 21.3. The van der Waals surface area contributed by atoms with Gasteiger partial charge in [-0.25, -0.2) is 0 Å². The maximum absolute atomic E-state index is 14.2. The molecule has 0 aromatic carbocycles. The molecule has 0 saturated carbocycles. The van der Waals surface area contributed by atoms with E-state index in [1.54, 1.807) is 16.7 Å². The number of thioether (sulfide) groups is 1. The van der Waals surface area contributed by atoms with Crippen molar-refractivity contribution in [3.63, 3.8) is 0 Å². The third-order valence-electron chi connectivity index (χ3n) is 8.08. The van der Waals surface area contributed by atoms with Gasteiger partial charge in [0.15, 0.2) is 0 Å². The summed E-state index contributed by atoms with van der Waals surface area (Å²) in [6.07, 6.45) is 13.9. The van der Waals surface area contributed by atoms with E-state index in [2.05, 4.69) is 32.1 Å². The summed E-state index contributed by atoms with van der Waals surface area (Å²) in [5, 5.41) is 9.20. The monoisotopic (exact) mass is 504 g/mol. The van der Waals surface area contributed by atoms with Crippen molar-refractivity contribution in [2.24, 2.45) is 11.8 Å². The Bertz CT molecular complexity index is 891. The number of unbranched alkanes of at least 4 members (excludes halogenated alkanes) is 2. The van der Waals surface area contributed by atoms with E-state index in [4.69, 9.17) is 4.74 Å². The lowest BCUT2D eigenvalue weighted by atomic mass is 9.74. The maximum atomic E-state index is 14.2. The van der Waals surface area contributed by atoms with E-state index in [-0.39, 0.29) is 30.4 Å². The molecule has 0 aromatic heterocycles. The van der Waals surface area contributed by atoms with E-state index in [1.165, 1.54) is 0 Å². The van der Waals surface area contributed by atoms with Gasteiger partial charge in [-0.3, -0.25) is 14.4 Å². The molecule has 6 atom stereocenters. The molecule has 2 fully saturated rings. The molecule has 4 aliphatic heterocycles. The molecule has 1 spiro atoms. The molecule has 4 aliphatic rings. The maximum Gasteiger partial charge on any atom is 0.311 e. The fraction of sp³-hybridized carbons (Fsp3) is 0.741. The summed E-state index contributed by atoms with van der Waals surface area (Å²) in [4.78, 5) is 45.4. The van der Waals surface area contributed by atoms with Crippen LogP contribution in [0.4, 0.5) is 0 Å². The Kier molecular flexibility index (Phi) is 8.01. The number of fused-ring (bicyclic) bond motifs is 2. The summed E-state index contributed by atoms with van der Waals surface area (Å²) < 4.78 is 4.22. The standard InChI is InChI=1S/C27H40N2O5S/c1-4-12-19(2)28-16-11-14-27-20(21-25(33)34-18-10-5-7-13-26(21,3)35-27)23(31)29(22(27)24(28)32)15-8-6-9-17-30/h7,11,13-14,19-22,30H,4-6,8-10,12,15-18H2,1-3H3/b13-7-/t19?,20-,21-,22?,26+,27-/m0/s1. The van der Waals surface area contributed by atoms with Crippen LogP contribution in [-0.4, -0.2) is 80.6 Å². The van der Waals surface area contributed by atoms with Crippen LogP contribution in [0, 0.1) is 11.8 Å². The number of hydrogen-bond donors (Lipinski definition) is 1. The molecule has 4 rings (SSSR count). The number of likely N-dealkylation sites (tertiary alicyclic amines) is 1. The first-order valence-electron chi connectivity index (χ1n) is 13.2. The minimum absolute atomic E-state index is 0.0195. The fourth-order valence-electron chi connectivity index (χ4n) is 6.43. The van der Waals surface area contributed by atoms with Gasteiger partial charge in [0.05, 0.1) is 23.2 Å². The first-order chi connectivity index (χ1) is 16.8. The predicted octanol–water partition coefficient (Wildman–Crippen LogP) is 3.32. The second kappa shape index (κ2) is 10.7. The predicted molar refractivity (Wildman–Crippen MR) is 137 cm³/mol. The summed E-state index contributed by atoms with van der Waals surface area (Å²) in [5.41, 5.74) is 0. The number of carbonyl (C=O) groups excluding carboxylic acids is 3. The number of nitrogens with zero attached hydrogens (tertiary/aromatic N) is 2. The average Bonchev–Trinajstić information content (AvgIpc) is 3.16. The van der Waals surface area contributed by atoms with E-state index in [9.17, 15) is 19.5 Å². The van der Waals surface area contributed by atoms with Crippen molar-refractivity contribution in [1.82, 2.24) is 9.80 Å². The Labute approximate surface area is 213 Å². The van der Waals surface area contributed by atoms with Crippen LogP contribution in [0.25, 0.3) is 0 Å². The Morgan fingerprint density at radius 1 is 1.14 bits per heavy atom. The highest BCUT2D eigenvalue weighted by molar-refractivity contribution is 8.02. The lowest BCUT2D eigenvalue weighted by molar-refractivity contribution is -0.154. The molecule has 2 amide bonds. The number of aliphatic hydroxyl groups is 1. The molecule has 0 aliphatic carbocycles. The van der Waals surface area contributed by atoms with E-state index in [1.807, 2.05) is 17.9 Å². The number of esters is 1. The lowest BCUT2D eigenvalue weighted by Crippen LogP contribution is -2.55. The minimum Gasteiger partial charge on any atom is -0.465 e. The molecular formula is C27H40N2O5S. The van der Waals surface area contributed by atoms with Crippen LogP contribution in [0.2, 0.25) is 0 Å². The van der Waals surface area contributed by atoms with Gasteiger partial charge in [-0.1, -0.05) is 37.6 Å². The highest BCUT2D eigenvalue weighted by Crippen LogP contribution is 2.65. The van der Waals surface area contributed by atoms with Crippen molar-refractivity contribution >= 4 is 29.5 Å². The zero-order chi connectivity index (χ0) is 25.2. The van der Waals surface area contributed by atoms with E-state index in [0.29, 0.717) is 32.5 Å². The smallest absolute Gasteiger partial charge is 0.311 e. The van der Waals surface area contributed by atoms with Gasteiger partial charge in [-0.2, -0.15) is 0 Å². The van der Waals surface area contributed by atoms with Crippen molar-refractivity contribution in [3.05, 3.63) is 24.3 Å². The summed E-state index contributed by atoms with van der Waals surface area (Å²) in [5.74, 6) is -1.75. The largest absolute Gasteiger partial charge is 0.465 e. The summed E-state index contributed by atoms with van der Waals surface area (Å²) in [7, 11) is 0. The van der Waals surface area contributed by atoms with Gasteiger partial charge in [0, 0.05) is 30.5 Å². The van der Waals surface area contributed by atoms with Gasteiger partial charge in [-0.15, -0.1) is 11.8 Å². The number of carbonyl (C=O) groups is 3. The number of amides is 2. The molecule has 2 saturated heterocycles. The number of allylic oxidation sites excluding steroid dienone is 1. The molecule has 2 unspecified atom stereocenters. The SMILES string of the molecule is CCCC(C)N1CC=C[C@]23S[C@]4(C)/C=C\CCCOC(=O)[C@@H]4[C@H]2C(=O)N(CCCCCO)C3C1=O. The summed E-state index contributed by atoms with van der Waals surface area (Å²) in [6, 6.07) is -0.577. The van der Waals surface area contributed by atoms with E-state index in [0.717, 1.165) is 32.1 Å². The Hall–Kier alpha value is -1.80. The number of aliphatic hydroxyl groups excluding tert-OH is 1. The quantitative estimate of drug-likeness (QED) is 0.310. The lowest BCUT2D eigenvalue weighted by Gasteiger charge is -2.38. The van der Waals surface area contributed by atoms with Crippen LogP contribution in [-0.2, 0) is 19.1 Å². The van der Waals surface area contributed by atoms with Crippen LogP contribution < -0.4 is 0 Å². The molecule has 8 heteroatoms. The van der Waals surface area contributed by atoms with Crippen LogP contribution >= 0.6 is 11.8 Å². The average molecular weight is 505 g/mol. The Morgan fingerprint density at radius 3 is 2.69 bits per heavy atom. The third kappa shape index (κ3) is 4.57. The molecule has 35 heavy (non-hydrogen) atoms. The van der Waals surface area contributed by atoms with Gasteiger partial charge in [-0.05, 0) is 52.4 Å². The minimum atomic E-state index is -0.812. The van der Waals surface area contributed by atoms with E-state index < -0.39 is 27.4 Å². The first kappa shape index (κ1) is 26.3. The second-order valence-electron chi connectivity index (χ2n) is 10.6.